The summed E-state index contributed by atoms with van der Waals surface area (Å²) in [5, 5.41) is 4.11. The van der Waals surface area contributed by atoms with Gasteiger partial charge in [-0.05, 0) is 35.6 Å². The summed E-state index contributed by atoms with van der Waals surface area (Å²) in [5.74, 6) is 0.0559. The third kappa shape index (κ3) is 2.53. The van der Waals surface area contributed by atoms with Crippen LogP contribution in [0.5, 0.6) is 0 Å². The molecule has 102 valence electrons. The van der Waals surface area contributed by atoms with Gasteiger partial charge in [0, 0.05) is 16.8 Å². The van der Waals surface area contributed by atoms with E-state index in [1.807, 2.05) is 0 Å². The van der Waals surface area contributed by atoms with Gasteiger partial charge in [-0.1, -0.05) is 0 Å². The van der Waals surface area contributed by atoms with Crippen molar-refractivity contribution in [1.29, 1.82) is 0 Å². The van der Waals surface area contributed by atoms with Crippen LogP contribution in [0, 0.1) is 10.5 Å². The molecule has 0 saturated carbocycles. The van der Waals surface area contributed by atoms with Crippen LogP contribution in [0.4, 0.5) is 19.0 Å². The first-order valence-corrected chi connectivity index (χ1v) is 6.32. The number of pyridine rings is 1. The maximum Gasteiger partial charge on any atom is 0.418 e. The summed E-state index contributed by atoms with van der Waals surface area (Å²) in [7, 11) is 1.65. The van der Waals surface area contributed by atoms with E-state index in [1.165, 1.54) is 4.68 Å². The van der Waals surface area contributed by atoms with Crippen LogP contribution in [0.15, 0.2) is 12.3 Å². The Morgan fingerprint density at radius 3 is 2.47 bits per heavy atom. The van der Waals surface area contributed by atoms with Crippen LogP contribution in [-0.4, -0.2) is 14.8 Å². The van der Waals surface area contributed by atoms with Gasteiger partial charge < -0.3 is 5.73 Å². The quantitative estimate of drug-likeness (QED) is 0.772. The van der Waals surface area contributed by atoms with E-state index in [0.29, 0.717) is 11.4 Å². The van der Waals surface area contributed by atoms with Crippen molar-refractivity contribution in [2.45, 2.75) is 13.1 Å². The lowest BCUT2D eigenvalue weighted by molar-refractivity contribution is -0.138. The molecule has 0 amide bonds. The Labute approximate surface area is 121 Å². The fraction of sp³-hybridized carbons (Fsp3) is 0.273. The van der Waals surface area contributed by atoms with E-state index >= 15 is 0 Å². The van der Waals surface area contributed by atoms with Crippen molar-refractivity contribution in [1.82, 2.24) is 14.8 Å². The molecule has 0 aliphatic carbocycles. The molecule has 0 aliphatic heterocycles. The number of aromatic nitrogens is 3. The zero-order valence-electron chi connectivity index (χ0n) is 10.1. The first-order chi connectivity index (χ1) is 8.71. The molecule has 0 fully saturated rings. The molecular formula is C11H10F3IN4. The van der Waals surface area contributed by atoms with Gasteiger partial charge in [0.15, 0.2) is 0 Å². The minimum absolute atomic E-state index is 0.0283. The van der Waals surface area contributed by atoms with Gasteiger partial charge in [0.25, 0.3) is 0 Å². The zero-order chi connectivity index (χ0) is 14.4. The van der Waals surface area contributed by atoms with Crippen molar-refractivity contribution in [3.8, 4) is 11.3 Å². The fourth-order valence-corrected chi connectivity index (χ4v) is 2.79. The summed E-state index contributed by atoms with van der Waals surface area (Å²) < 4.78 is 40.1. The van der Waals surface area contributed by atoms with Gasteiger partial charge >= 0.3 is 6.18 Å². The first kappa shape index (κ1) is 14.1. The Balaban J connectivity index is 2.73. The molecule has 0 radical (unpaired) electrons. The zero-order valence-corrected chi connectivity index (χ0v) is 12.2. The number of alkyl halides is 3. The van der Waals surface area contributed by atoms with E-state index in [1.54, 1.807) is 42.6 Å². The number of hydrogen-bond donors (Lipinski definition) is 1. The number of halogens is 4. The Morgan fingerprint density at radius 2 is 2.00 bits per heavy atom. The van der Waals surface area contributed by atoms with E-state index in [4.69, 9.17) is 5.73 Å². The van der Waals surface area contributed by atoms with Gasteiger partial charge in [-0.15, -0.1) is 0 Å². The summed E-state index contributed by atoms with van der Waals surface area (Å²) in [6.07, 6.45) is -3.70. The van der Waals surface area contributed by atoms with Crippen LogP contribution in [0.2, 0.25) is 0 Å². The fourth-order valence-electron chi connectivity index (χ4n) is 1.79. The molecule has 2 aromatic heterocycles. The Hall–Kier alpha value is -1.32. The standard InChI is InChI=1S/C11H10F3IN4/c1-5-3-7(19(2)18-5)8-9(15)6(11(12,13)14)4-17-10(8)16/h3-4H,1-2H3,(H2,16,17). The minimum Gasteiger partial charge on any atom is -0.383 e. The normalized spacial score (nSPS) is 11.9. The second kappa shape index (κ2) is 4.66. The van der Waals surface area contributed by atoms with Gasteiger partial charge in [-0.25, -0.2) is 4.98 Å². The van der Waals surface area contributed by atoms with Crippen LogP contribution in [-0.2, 0) is 13.2 Å². The summed E-state index contributed by atoms with van der Waals surface area (Å²) in [5.41, 5.74) is 6.40. The number of anilines is 1. The number of hydrogen-bond acceptors (Lipinski definition) is 3. The summed E-state index contributed by atoms with van der Waals surface area (Å²) in [6, 6.07) is 1.68. The average molecular weight is 382 g/mol. The Kier molecular flexibility index (Phi) is 3.45. The topological polar surface area (TPSA) is 56.7 Å². The van der Waals surface area contributed by atoms with Gasteiger partial charge in [0.1, 0.15) is 5.82 Å². The minimum atomic E-state index is -4.46. The predicted molar refractivity (Wildman–Crippen MR) is 73.3 cm³/mol. The first-order valence-electron chi connectivity index (χ1n) is 5.24. The second-order valence-electron chi connectivity index (χ2n) is 4.04. The largest absolute Gasteiger partial charge is 0.418 e. The number of aryl methyl sites for hydroxylation is 2. The molecular weight excluding hydrogens is 372 g/mol. The summed E-state index contributed by atoms with van der Waals surface area (Å²) >= 11 is 1.64. The number of nitrogens with zero attached hydrogens (tertiary/aromatic N) is 3. The predicted octanol–water partition coefficient (Wildman–Crippen LogP) is 3.00. The SMILES string of the molecule is Cc1cc(-c2c(N)ncc(C(F)(F)F)c2I)n(C)n1. The molecule has 0 saturated heterocycles. The molecule has 19 heavy (non-hydrogen) atoms. The third-order valence-electron chi connectivity index (χ3n) is 2.61. The van der Waals surface area contributed by atoms with Crippen LogP contribution in [0.3, 0.4) is 0 Å². The molecule has 0 unspecified atom stereocenters. The summed E-state index contributed by atoms with van der Waals surface area (Å²) in [6.45, 7) is 1.76. The van der Waals surface area contributed by atoms with Crippen molar-refractivity contribution in [2.24, 2.45) is 7.05 Å². The van der Waals surface area contributed by atoms with Crippen LogP contribution >= 0.6 is 22.6 Å². The average Bonchev–Trinajstić information content (AvgIpc) is 2.56. The molecule has 4 nitrogen and oxygen atoms in total. The lowest BCUT2D eigenvalue weighted by atomic mass is 10.1. The van der Waals surface area contributed by atoms with E-state index in [2.05, 4.69) is 10.1 Å². The van der Waals surface area contributed by atoms with E-state index < -0.39 is 11.7 Å². The van der Waals surface area contributed by atoms with E-state index in [9.17, 15) is 13.2 Å². The highest BCUT2D eigenvalue weighted by Gasteiger charge is 2.35. The molecule has 0 bridgehead atoms. The molecule has 2 heterocycles. The van der Waals surface area contributed by atoms with E-state index in [-0.39, 0.29) is 15.0 Å². The van der Waals surface area contributed by atoms with Crippen molar-refractivity contribution >= 4 is 28.4 Å². The molecule has 0 spiro atoms. The highest BCUT2D eigenvalue weighted by atomic mass is 127. The van der Waals surface area contributed by atoms with Crippen molar-refractivity contribution in [3.05, 3.63) is 27.1 Å². The molecule has 8 heteroatoms. The second-order valence-corrected chi connectivity index (χ2v) is 5.12. The molecule has 0 aromatic carbocycles. The molecule has 2 rings (SSSR count). The maximum absolute atomic E-state index is 12.9. The van der Waals surface area contributed by atoms with Gasteiger partial charge in [-0.2, -0.15) is 18.3 Å². The van der Waals surface area contributed by atoms with Crippen LogP contribution in [0.1, 0.15) is 11.3 Å². The maximum atomic E-state index is 12.9. The lowest BCUT2D eigenvalue weighted by Crippen LogP contribution is -2.12. The van der Waals surface area contributed by atoms with Crippen LogP contribution < -0.4 is 5.73 Å². The molecule has 2 aromatic rings. The molecule has 0 atom stereocenters. The number of nitrogens with two attached hydrogens (primary N) is 1. The smallest absolute Gasteiger partial charge is 0.383 e. The molecule has 2 N–H and O–H groups in total. The summed E-state index contributed by atoms with van der Waals surface area (Å²) in [4.78, 5) is 3.64. The number of rotatable bonds is 1. The van der Waals surface area contributed by atoms with E-state index in [0.717, 1.165) is 6.20 Å². The van der Waals surface area contributed by atoms with Gasteiger partial charge in [0.2, 0.25) is 0 Å². The Bertz CT molecular complexity index is 634. The highest BCUT2D eigenvalue weighted by molar-refractivity contribution is 14.1. The van der Waals surface area contributed by atoms with Crippen molar-refractivity contribution < 1.29 is 13.2 Å². The Morgan fingerprint density at radius 1 is 1.37 bits per heavy atom. The van der Waals surface area contributed by atoms with Gasteiger partial charge in [0.05, 0.1) is 22.5 Å². The van der Waals surface area contributed by atoms with Crippen LogP contribution in [0.25, 0.3) is 11.3 Å². The highest BCUT2D eigenvalue weighted by Crippen LogP contribution is 2.39. The van der Waals surface area contributed by atoms with Gasteiger partial charge in [-0.3, -0.25) is 4.68 Å². The lowest BCUT2D eigenvalue weighted by Gasteiger charge is -2.14. The van der Waals surface area contributed by atoms with Crippen molar-refractivity contribution in [2.75, 3.05) is 5.73 Å². The monoisotopic (exact) mass is 382 g/mol. The molecule has 0 aliphatic rings. The van der Waals surface area contributed by atoms with Crippen molar-refractivity contribution in [3.63, 3.8) is 0 Å². The number of nitrogen functional groups attached to an aromatic ring is 1. The third-order valence-corrected chi connectivity index (χ3v) is 3.73.